The molecule has 2 N–H and O–H groups in total. The number of rotatable bonds is 8. The van der Waals surface area contributed by atoms with Gasteiger partial charge in [0.15, 0.2) is 0 Å². The minimum atomic E-state index is -0.362. The van der Waals surface area contributed by atoms with Gasteiger partial charge in [0.1, 0.15) is 5.82 Å². The minimum absolute atomic E-state index is 0.189. The van der Waals surface area contributed by atoms with Crippen molar-refractivity contribution in [1.29, 1.82) is 0 Å². The first-order chi connectivity index (χ1) is 8.24. The van der Waals surface area contributed by atoms with Crippen LogP contribution in [0, 0.1) is 5.82 Å². The van der Waals surface area contributed by atoms with Gasteiger partial charge in [-0.2, -0.15) is 0 Å². The summed E-state index contributed by atoms with van der Waals surface area (Å²) in [6, 6.07) is 4.82. The van der Waals surface area contributed by atoms with Gasteiger partial charge < -0.3 is 10.6 Å². The highest BCUT2D eigenvalue weighted by atomic mass is 35.5. The maximum atomic E-state index is 12.9. The molecule has 0 heterocycles. The van der Waals surface area contributed by atoms with E-state index in [1.807, 2.05) is 0 Å². The Morgan fingerprint density at radius 3 is 2.65 bits per heavy atom. The molecule has 0 atom stereocenters. The van der Waals surface area contributed by atoms with Crippen molar-refractivity contribution in [1.82, 2.24) is 10.6 Å². The number of halogens is 2. The molecule has 1 aromatic rings. The molecule has 0 amide bonds. The lowest BCUT2D eigenvalue weighted by atomic mass is 10.2. The van der Waals surface area contributed by atoms with Crippen molar-refractivity contribution in [3.05, 3.63) is 34.6 Å². The monoisotopic (exact) mass is 258 g/mol. The summed E-state index contributed by atoms with van der Waals surface area (Å²) in [5.74, 6) is -0.362. The molecule has 4 heteroatoms. The zero-order valence-electron chi connectivity index (χ0n) is 10.2. The summed E-state index contributed by atoms with van der Waals surface area (Å²) >= 11 is 5.70. The van der Waals surface area contributed by atoms with Gasteiger partial charge in [-0.1, -0.05) is 24.6 Å². The smallest absolute Gasteiger partial charge is 0.141 e. The summed E-state index contributed by atoms with van der Waals surface area (Å²) in [7, 11) is 0. The summed E-state index contributed by atoms with van der Waals surface area (Å²) in [6.07, 6.45) is 2.26. The number of benzene rings is 1. The van der Waals surface area contributed by atoms with Crippen LogP contribution >= 0.6 is 11.6 Å². The highest BCUT2D eigenvalue weighted by molar-refractivity contribution is 6.30. The molecule has 17 heavy (non-hydrogen) atoms. The van der Waals surface area contributed by atoms with Gasteiger partial charge in [-0.3, -0.25) is 0 Å². The Kier molecular flexibility index (Phi) is 7.17. The predicted molar refractivity (Wildman–Crippen MR) is 70.9 cm³/mol. The zero-order valence-corrected chi connectivity index (χ0v) is 11.0. The average Bonchev–Trinajstić information content (AvgIpc) is 2.32. The van der Waals surface area contributed by atoms with E-state index < -0.39 is 0 Å². The Morgan fingerprint density at radius 2 is 1.94 bits per heavy atom. The molecule has 0 aliphatic heterocycles. The van der Waals surface area contributed by atoms with Crippen LogP contribution in [0.1, 0.15) is 25.3 Å². The lowest BCUT2D eigenvalue weighted by Gasteiger charge is -2.06. The van der Waals surface area contributed by atoms with E-state index in [9.17, 15) is 4.39 Å². The summed E-state index contributed by atoms with van der Waals surface area (Å²) in [4.78, 5) is 0. The van der Waals surface area contributed by atoms with Gasteiger partial charge in [-0.05, 0) is 50.2 Å². The standard InChI is InChI=1S/C13H20ClFN2/c1-2-6-16-7-3-8-17-10-11-4-5-13(15)12(14)9-11/h4-5,9,16-17H,2-3,6-8,10H2,1H3. The van der Waals surface area contributed by atoms with E-state index >= 15 is 0 Å². The lowest BCUT2D eigenvalue weighted by Crippen LogP contribution is -2.22. The van der Waals surface area contributed by atoms with Crippen LogP contribution in [0.25, 0.3) is 0 Å². The predicted octanol–water partition coefficient (Wildman–Crippen LogP) is 2.96. The van der Waals surface area contributed by atoms with E-state index in [0.717, 1.165) is 38.2 Å². The van der Waals surface area contributed by atoms with E-state index in [-0.39, 0.29) is 10.8 Å². The van der Waals surface area contributed by atoms with Crippen LogP contribution in [0.5, 0.6) is 0 Å². The summed E-state index contributed by atoms with van der Waals surface area (Å²) in [6.45, 7) is 5.95. The summed E-state index contributed by atoms with van der Waals surface area (Å²) in [5, 5.41) is 6.83. The fraction of sp³-hybridized carbons (Fsp3) is 0.538. The van der Waals surface area contributed by atoms with Gasteiger partial charge >= 0.3 is 0 Å². The van der Waals surface area contributed by atoms with Crippen LogP contribution in [0.2, 0.25) is 5.02 Å². The van der Waals surface area contributed by atoms with E-state index in [2.05, 4.69) is 17.6 Å². The first-order valence-corrected chi connectivity index (χ1v) is 6.47. The average molecular weight is 259 g/mol. The first-order valence-electron chi connectivity index (χ1n) is 6.09. The van der Waals surface area contributed by atoms with Crippen molar-refractivity contribution < 1.29 is 4.39 Å². The Hall–Kier alpha value is -0.640. The van der Waals surface area contributed by atoms with Gasteiger partial charge in [-0.15, -0.1) is 0 Å². The van der Waals surface area contributed by atoms with E-state index in [0.29, 0.717) is 0 Å². The molecule has 0 unspecified atom stereocenters. The molecule has 0 aromatic heterocycles. The molecule has 2 nitrogen and oxygen atoms in total. The Bertz CT molecular complexity index is 331. The van der Waals surface area contributed by atoms with Gasteiger partial charge in [-0.25, -0.2) is 4.39 Å². The number of hydrogen-bond donors (Lipinski definition) is 2. The van der Waals surface area contributed by atoms with Crippen molar-refractivity contribution in [3.8, 4) is 0 Å². The molecule has 0 spiro atoms. The van der Waals surface area contributed by atoms with Crippen molar-refractivity contribution >= 4 is 11.6 Å². The van der Waals surface area contributed by atoms with Crippen molar-refractivity contribution in [2.45, 2.75) is 26.3 Å². The molecule has 0 fully saturated rings. The third-order valence-corrected chi connectivity index (χ3v) is 2.74. The molecule has 0 saturated heterocycles. The van der Waals surface area contributed by atoms with E-state index in [1.165, 1.54) is 12.5 Å². The van der Waals surface area contributed by atoms with Crippen LogP contribution in [0.4, 0.5) is 4.39 Å². The van der Waals surface area contributed by atoms with Gasteiger partial charge in [0.2, 0.25) is 0 Å². The fourth-order valence-corrected chi connectivity index (χ4v) is 1.73. The molecule has 1 aromatic carbocycles. The molecule has 0 radical (unpaired) electrons. The second kappa shape index (κ2) is 8.45. The van der Waals surface area contributed by atoms with Crippen LogP contribution in [-0.4, -0.2) is 19.6 Å². The van der Waals surface area contributed by atoms with Gasteiger partial charge in [0.25, 0.3) is 0 Å². The normalized spacial score (nSPS) is 10.8. The summed E-state index contributed by atoms with van der Waals surface area (Å²) in [5.41, 5.74) is 1.01. The maximum absolute atomic E-state index is 12.9. The summed E-state index contributed by atoms with van der Waals surface area (Å²) < 4.78 is 12.9. The largest absolute Gasteiger partial charge is 0.317 e. The quantitative estimate of drug-likeness (QED) is 0.701. The van der Waals surface area contributed by atoms with Crippen LogP contribution in [-0.2, 0) is 6.54 Å². The molecule has 0 aliphatic carbocycles. The third kappa shape index (κ3) is 6.01. The van der Waals surface area contributed by atoms with Crippen LogP contribution < -0.4 is 10.6 Å². The Balaban J connectivity index is 2.11. The maximum Gasteiger partial charge on any atom is 0.141 e. The van der Waals surface area contributed by atoms with Crippen molar-refractivity contribution in [3.63, 3.8) is 0 Å². The molecule has 0 bridgehead atoms. The molecule has 1 rings (SSSR count). The van der Waals surface area contributed by atoms with Gasteiger partial charge in [0, 0.05) is 6.54 Å². The second-order valence-electron chi connectivity index (χ2n) is 4.03. The van der Waals surface area contributed by atoms with Crippen LogP contribution in [0.3, 0.4) is 0 Å². The fourth-order valence-electron chi connectivity index (χ4n) is 1.52. The highest BCUT2D eigenvalue weighted by Crippen LogP contribution is 2.15. The SMILES string of the molecule is CCCNCCCNCc1ccc(F)c(Cl)c1. The van der Waals surface area contributed by atoms with Gasteiger partial charge in [0.05, 0.1) is 5.02 Å². The highest BCUT2D eigenvalue weighted by Gasteiger charge is 2.00. The molecule has 0 aliphatic rings. The Morgan fingerprint density at radius 1 is 1.18 bits per heavy atom. The zero-order chi connectivity index (χ0) is 12.5. The Labute approximate surface area is 108 Å². The lowest BCUT2D eigenvalue weighted by molar-refractivity contribution is 0.591. The molecule has 0 saturated carbocycles. The minimum Gasteiger partial charge on any atom is -0.317 e. The van der Waals surface area contributed by atoms with Crippen LogP contribution in [0.15, 0.2) is 18.2 Å². The van der Waals surface area contributed by atoms with Crippen molar-refractivity contribution in [2.75, 3.05) is 19.6 Å². The third-order valence-electron chi connectivity index (χ3n) is 2.45. The van der Waals surface area contributed by atoms with E-state index in [4.69, 9.17) is 11.6 Å². The van der Waals surface area contributed by atoms with Crippen molar-refractivity contribution in [2.24, 2.45) is 0 Å². The number of hydrogen-bond acceptors (Lipinski definition) is 2. The topological polar surface area (TPSA) is 24.1 Å². The molecular weight excluding hydrogens is 239 g/mol. The first kappa shape index (κ1) is 14.4. The second-order valence-corrected chi connectivity index (χ2v) is 4.44. The van der Waals surface area contributed by atoms with E-state index in [1.54, 1.807) is 12.1 Å². The molecular formula is C13H20ClFN2. The molecule has 96 valence electrons. The number of nitrogens with one attached hydrogen (secondary N) is 2.